The zero-order valence-corrected chi connectivity index (χ0v) is 10.2. The molecule has 0 fully saturated rings. The van der Waals surface area contributed by atoms with Crippen molar-refractivity contribution in [2.45, 2.75) is 39.3 Å². The van der Waals surface area contributed by atoms with Crippen LogP contribution in [-0.4, -0.2) is 17.4 Å². The third kappa shape index (κ3) is 3.74. The van der Waals surface area contributed by atoms with E-state index in [0.717, 1.165) is 0 Å². The van der Waals surface area contributed by atoms with Crippen molar-refractivity contribution in [3.05, 3.63) is 35.6 Å². The first-order chi connectivity index (χ1) is 7.29. The Morgan fingerprint density at radius 3 is 2.19 bits per heavy atom. The number of rotatable bonds is 3. The molecular formula is C13H18FNO. The average Bonchev–Trinajstić information content (AvgIpc) is 2.15. The van der Waals surface area contributed by atoms with Crippen LogP contribution in [0.1, 0.15) is 38.1 Å². The van der Waals surface area contributed by atoms with Gasteiger partial charge in [-0.3, -0.25) is 4.79 Å². The zero-order chi connectivity index (χ0) is 12.3. The van der Waals surface area contributed by atoms with Crippen molar-refractivity contribution in [2.75, 3.05) is 0 Å². The van der Waals surface area contributed by atoms with Crippen LogP contribution in [0.3, 0.4) is 0 Å². The second kappa shape index (κ2) is 4.74. The predicted molar refractivity (Wildman–Crippen MR) is 63.1 cm³/mol. The molecule has 1 unspecified atom stereocenters. The number of hydrogen-bond acceptors (Lipinski definition) is 2. The lowest BCUT2D eigenvalue weighted by Crippen LogP contribution is -2.46. The Morgan fingerprint density at radius 1 is 1.25 bits per heavy atom. The van der Waals surface area contributed by atoms with Crippen molar-refractivity contribution in [3.63, 3.8) is 0 Å². The lowest BCUT2D eigenvalue weighted by Gasteiger charge is -2.25. The van der Waals surface area contributed by atoms with Gasteiger partial charge >= 0.3 is 0 Å². The minimum absolute atomic E-state index is 0.0186. The van der Waals surface area contributed by atoms with E-state index < -0.39 is 0 Å². The van der Waals surface area contributed by atoms with Crippen molar-refractivity contribution < 1.29 is 9.18 Å². The number of Topliss-reactive ketones (excluding diaryl/α,β-unsaturated/α-hetero) is 1. The summed E-state index contributed by atoms with van der Waals surface area (Å²) in [6, 6.07) is 5.36. The summed E-state index contributed by atoms with van der Waals surface area (Å²) in [4.78, 5) is 11.9. The highest BCUT2D eigenvalue weighted by Crippen LogP contribution is 2.08. The van der Waals surface area contributed by atoms with E-state index in [4.69, 9.17) is 0 Å². The van der Waals surface area contributed by atoms with Gasteiger partial charge in [-0.2, -0.15) is 0 Å². The molecule has 2 nitrogen and oxygen atoms in total. The minimum atomic E-state index is -0.326. The molecule has 0 aromatic heterocycles. The Bertz CT molecular complexity index is 365. The van der Waals surface area contributed by atoms with E-state index in [1.807, 2.05) is 27.7 Å². The molecule has 0 spiro atoms. The van der Waals surface area contributed by atoms with Crippen LogP contribution in [0.5, 0.6) is 0 Å². The second-order valence-electron chi connectivity index (χ2n) is 4.99. The molecule has 3 heteroatoms. The molecule has 0 aliphatic carbocycles. The Morgan fingerprint density at radius 2 is 1.75 bits per heavy atom. The van der Waals surface area contributed by atoms with Gasteiger partial charge < -0.3 is 5.32 Å². The molecule has 1 rings (SSSR count). The van der Waals surface area contributed by atoms with Gasteiger partial charge in [0.1, 0.15) is 5.82 Å². The first-order valence-electron chi connectivity index (χ1n) is 5.37. The molecule has 0 heterocycles. The summed E-state index contributed by atoms with van der Waals surface area (Å²) in [5.74, 6) is -0.345. The maximum atomic E-state index is 12.7. The topological polar surface area (TPSA) is 29.1 Å². The molecule has 0 aliphatic heterocycles. The van der Waals surface area contributed by atoms with Gasteiger partial charge in [0.25, 0.3) is 0 Å². The fourth-order valence-corrected chi connectivity index (χ4v) is 1.58. The summed E-state index contributed by atoms with van der Waals surface area (Å²) in [6.07, 6.45) is 0. The molecule has 0 amide bonds. The quantitative estimate of drug-likeness (QED) is 0.798. The van der Waals surface area contributed by atoms with Crippen molar-refractivity contribution in [1.82, 2.24) is 5.32 Å². The number of ketones is 1. The molecule has 88 valence electrons. The summed E-state index contributed by atoms with van der Waals surface area (Å²) in [5.41, 5.74) is 0.417. The molecule has 1 atom stereocenters. The number of halogens is 1. The van der Waals surface area contributed by atoms with Crippen molar-refractivity contribution in [1.29, 1.82) is 0 Å². The van der Waals surface area contributed by atoms with Gasteiger partial charge in [-0.15, -0.1) is 0 Å². The van der Waals surface area contributed by atoms with E-state index in [1.54, 1.807) is 0 Å². The lowest BCUT2D eigenvalue weighted by atomic mass is 10.0. The predicted octanol–water partition coefficient (Wildman–Crippen LogP) is 2.79. The molecule has 1 aromatic carbocycles. The Kier molecular flexibility index (Phi) is 3.81. The van der Waals surface area contributed by atoms with Crippen LogP contribution < -0.4 is 5.32 Å². The number of benzene rings is 1. The summed E-state index contributed by atoms with van der Waals surface area (Å²) < 4.78 is 12.7. The van der Waals surface area contributed by atoms with Crippen molar-refractivity contribution in [3.8, 4) is 0 Å². The van der Waals surface area contributed by atoms with Crippen LogP contribution in [0.4, 0.5) is 4.39 Å². The smallest absolute Gasteiger partial charge is 0.179 e. The molecule has 16 heavy (non-hydrogen) atoms. The third-order valence-electron chi connectivity index (χ3n) is 2.17. The van der Waals surface area contributed by atoms with E-state index in [2.05, 4.69) is 5.32 Å². The van der Waals surface area contributed by atoms with Crippen LogP contribution in [0.15, 0.2) is 24.3 Å². The standard InChI is InChI=1S/C13H18FNO/c1-9(15-13(2,3)4)12(16)10-5-7-11(14)8-6-10/h5-9,15H,1-4H3. The first kappa shape index (κ1) is 12.8. The molecule has 0 radical (unpaired) electrons. The van der Waals surface area contributed by atoms with Gasteiger partial charge in [0.2, 0.25) is 0 Å². The van der Waals surface area contributed by atoms with Gasteiger partial charge in [0, 0.05) is 11.1 Å². The van der Waals surface area contributed by atoms with Crippen LogP contribution in [-0.2, 0) is 0 Å². The van der Waals surface area contributed by atoms with E-state index in [-0.39, 0.29) is 23.2 Å². The van der Waals surface area contributed by atoms with Gasteiger partial charge in [0.15, 0.2) is 5.78 Å². The molecular weight excluding hydrogens is 205 g/mol. The maximum absolute atomic E-state index is 12.7. The number of carbonyl (C=O) groups excluding carboxylic acids is 1. The molecule has 0 saturated carbocycles. The first-order valence-corrected chi connectivity index (χ1v) is 5.37. The van der Waals surface area contributed by atoms with E-state index in [0.29, 0.717) is 5.56 Å². The van der Waals surface area contributed by atoms with Gasteiger partial charge in [-0.05, 0) is 52.0 Å². The largest absolute Gasteiger partial charge is 0.303 e. The monoisotopic (exact) mass is 223 g/mol. The fourth-order valence-electron chi connectivity index (χ4n) is 1.58. The highest BCUT2D eigenvalue weighted by Gasteiger charge is 2.20. The highest BCUT2D eigenvalue weighted by atomic mass is 19.1. The van der Waals surface area contributed by atoms with Gasteiger partial charge in [0.05, 0.1) is 6.04 Å². The second-order valence-corrected chi connectivity index (χ2v) is 4.99. The Balaban J connectivity index is 2.74. The van der Waals surface area contributed by atoms with Crippen LogP contribution in [0, 0.1) is 5.82 Å². The molecule has 0 aliphatic rings. The Labute approximate surface area is 95.9 Å². The van der Waals surface area contributed by atoms with Gasteiger partial charge in [-0.25, -0.2) is 4.39 Å². The van der Waals surface area contributed by atoms with Crippen molar-refractivity contribution in [2.24, 2.45) is 0 Å². The number of nitrogens with one attached hydrogen (secondary N) is 1. The van der Waals surface area contributed by atoms with Crippen molar-refractivity contribution >= 4 is 5.78 Å². The summed E-state index contributed by atoms with van der Waals surface area (Å²) >= 11 is 0. The highest BCUT2D eigenvalue weighted by molar-refractivity contribution is 5.99. The number of carbonyl (C=O) groups is 1. The summed E-state index contributed by atoms with van der Waals surface area (Å²) in [6.45, 7) is 7.82. The van der Waals surface area contributed by atoms with E-state index in [1.165, 1.54) is 24.3 Å². The molecule has 1 N–H and O–H groups in total. The molecule has 0 saturated heterocycles. The zero-order valence-electron chi connectivity index (χ0n) is 10.2. The van der Waals surface area contributed by atoms with Gasteiger partial charge in [-0.1, -0.05) is 0 Å². The lowest BCUT2D eigenvalue weighted by molar-refractivity contribution is 0.0935. The third-order valence-corrected chi connectivity index (χ3v) is 2.17. The maximum Gasteiger partial charge on any atom is 0.179 e. The summed E-state index contributed by atoms with van der Waals surface area (Å²) in [7, 11) is 0. The van der Waals surface area contributed by atoms with Crippen LogP contribution in [0.2, 0.25) is 0 Å². The minimum Gasteiger partial charge on any atom is -0.303 e. The van der Waals surface area contributed by atoms with Crippen LogP contribution in [0.25, 0.3) is 0 Å². The van der Waals surface area contributed by atoms with E-state index in [9.17, 15) is 9.18 Å². The molecule has 0 bridgehead atoms. The van der Waals surface area contributed by atoms with Crippen LogP contribution >= 0.6 is 0 Å². The summed E-state index contributed by atoms with van der Waals surface area (Å²) in [5, 5.41) is 3.19. The SMILES string of the molecule is CC(NC(C)(C)C)C(=O)c1ccc(F)cc1. The Hall–Kier alpha value is -1.22. The molecule has 1 aromatic rings. The normalized spacial score (nSPS) is 13.6. The fraction of sp³-hybridized carbons (Fsp3) is 0.462. The number of hydrogen-bond donors (Lipinski definition) is 1. The average molecular weight is 223 g/mol. The van der Waals surface area contributed by atoms with E-state index >= 15 is 0 Å².